The van der Waals surface area contributed by atoms with Crippen molar-refractivity contribution in [2.45, 2.75) is 38.5 Å². The Labute approximate surface area is 132 Å². The molecular formula is C14H21F3N4O2. The average Bonchev–Trinajstić information content (AvgIpc) is 2.99. The van der Waals surface area contributed by atoms with E-state index in [2.05, 4.69) is 10.4 Å². The van der Waals surface area contributed by atoms with Crippen molar-refractivity contribution in [3.05, 3.63) is 12.3 Å². The van der Waals surface area contributed by atoms with Crippen LogP contribution < -0.4 is 5.32 Å². The zero-order chi connectivity index (χ0) is 17.3. The van der Waals surface area contributed by atoms with Crippen molar-refractivity contribution < 1.29 is 22.7 Å². The first-order valence-corrected chi connectivity index (χ1v) is 7.34. The lowest BCUT2D eigenvalue weighted by Gasteiger charge is -2.36. The number of likely N-dealkylation sites (tertiary alicyclic amines) is 1. The summed E-state index contributed by atoms with van der Waals surface area (Å²) in [6.45, 7) is 3.94. The van der Waals surface area contributed by atoms with E-state index in [0.717, 1.165) is 0 Å². The molecule has 1 saturated heterocycles. The molecule has 2 amide bonds. The summed E-state index contributed by atoms with van der Waals surface area (Å²) in [5.74, 6) is -1.22. The zero-order valence-electron chi connectivity index (χ0n) is 13.4. The number of urea groups is 1. The van der Waals surface area contributed by atoms with Crippen LogP contribution in [0.15, 0.2) is 12.3 Å². The predicted molar refractivity (Wildman–Crippen MR) is 78.1 cm³/mol. The van der Waals surface area contributed by atoms with E-state index in [4.69, 9.17) is 4.74 Å². The van der Waals surface area contributed by atoms with E-state index >= 15 is 0 Å². The Hall–Kier alpha value is -1.77. The zero-order valence-corrected chi connectivity index (χ0v) is 13.4. The number of rotatable bonds is 4. The smallest absolute Gasteiger partial charge is 0.383 e. The number of nitrogens with zero attached hydrogens (tertiary/aromatic N) is 3. The van der Waals surface area contributed by atoms with Gasteiger partial charge in [0.1, 0.15) is 0 Å². The van der Waals surface area contributed by atoms with E-state index in [-0.39, 0.29) is 13.0 Å². The summed E-state index contributed by atoms with van der Waals surface area (Å²) in [7, 11) is 1.57. The van der Waals surface area contributed by atoms with Crippen molar-refractivity contribution in [3.63, 3.8) is 0 Å². The third-order valence-electron chi connectivity index (χ3n) is 4.23. The molecule has 0 saturated carbocycles. The van der Waals surface area contributed by atoms with Crippen molar-refractivity contribution >= 4 is 11.8 Å². The number of halogens is 3. The largest absolute Gasteiger partial charge is 0.394 e. The number of anilines is 1. The fourth-order valence-corrected chi connectivity index (χ4v) is 2.93. The van der Waals surface area contributed by atoms with E-state index in [1.54, 1.807) is 24.1 Å². The Bertz CT molecular complexity index is 556. The minimum Gasteiger partial charge on any atom is -0.383 e. The van der Waals surface area contributed by atoms with E-state index in [9.17, 15) is 18.0 Å². The van der Waals surface area contributed by atoms with Crippen LogP contribution in [0.5, 0.6) is 0 Å². The van der Waals surface area contributed by atoms with Gasteiger partial charge in [-0.15, -0.1) is 0 Å². The van der Waals surface area contributed by atoms with Gasteiger partial charge >= 0.3 is 12.2 Å². The molecule has 1 aromatic heterocycles. The number of hydrogen-bond donors (Lipinski definition) is 1. The fraction of sp³-hybridized carbons (Fsp3) is 0.714. The SMILES string of the molecule is COCCn1ccc(NC(=O)N2CC[C@@H](C(F)(F)F)C2(C)C)n1. The molecule has 0 aromatic carbocycles. The molecule has 9 heteroatoms. The number of amides is 2. The van der Waals surface area contributed by atoms with Gasteiger partial charge in [0.15, 0.2) is 5.82 Å². The summed E-state index contributed by atoms with van der Waals surface area (Å²) in [6, 6.07) is 1.02. The van der Waals surface area contributed by atoms with Crippen LogP contribution in [0, 0.1) is 5.92 Å². The quantitative estimate of drug-likeness (QED) is 0.921. The second-order valence-electron chi connectivity index (χ2n) is 6.08. The first-order valence-electron chi connectivity index (χ1n) is 7.34. The van der Waals surface area contributed by atoms with Crippen molar-refractivity contribution in [2.75, 3.05) is 25.6 Å². The van der Waals surface area contributed by atoms with Gasteiger partial charge in [-0.05, 0) is 20.3 Å². The molecule has 23 heavy (non-hydrogen) atoms. The van der Waals surface area contributed by atoms with Gasteiger partial charge in [0, 0.05) is 25.9 Å². The molecule has 0 unspecified atom stereocenters. The Morgan fingerprint density at radius 3 is 2.78 bits per heavy atom. The van der Waals surface area contributed by atoms with Crippen LogP contribution >= 0.6 is 0 Å². The maximum atomic E-state index is 13.1. The molecule has 1 atom stereocenters. The van der Waals surface area contributed by atoms with Gasteiger partial charge < -0.3 is 9.64 Å². The van der Waals surface area contributed by atoms with E-state index in [0.29, 0.717) is 19.0 Å². The van der Waals surface area contributed by atoms with E-state index < -0.39 is 23.7 Å². The number of nitrogens with one attached hydrogen (secondary N) is 1. The standard InChI is InChI=1S/C14H21F3N4O2/c1-13(2)10(14(15,16)17)4-7-21(13)12(22)18-11-5-6-20(19-11)8-9-23-3/h5-6,10H,4,7-9H2,1-3H3,(H,18,19,22)/t10-/m1/s1. The Morgan fingerprint density at radius 2 is 2.22 bits per heavy atom. The number of ether oxygens (including phenoxy) is 1. The molecular weight excluding hydrogens is 313 g/mol. The monoisotopic (exact) mass is 334 g/mol. The topological polar surface area (TPSA) is 59.4 Å². The predicted octanol–water partition coefficient (Wildman–Crippen LogP) is 2.72. The van der Waals surface area contributed by atoms with Crippen LogP contribution in [0.3, 0.4) is 0 Å². The lowest BCUT2D eigenvalue weighted by Crippen LogP contribution is -2.51. The molecule has 1 aliphatic heterocycles. The average molecular weight is 334 g/mol. The fourth-order valence-electron chi connectivity index (χ4n) is 2.93. The van der Waals surface area contributed by atoms with Crippen LogP contribution in [0.1, 0.15) is 20.3 Å². The van der Waals surface area contributed by atoms with Crippen molar-refractivity contribution in [1.29, 1.82) is 0 Å². The second-order valence-corrected chi connectivity index (χ2v) is 6.08. The number of aromatic nitrogens is 2. The van der Waals surface area contributed by atoms with Crippen molar-refractivity contribution in [2.24, 2.45) is 5.92 Å². The Kier molecular flexibility index (Phi) is 4.88. The first kappa shape index (κ1) is 17.6. The van der Waals surface area contributed by atoms with Crippen molar-refractivity contribution in [3.8, 4) is 0 Å². The summed E-state index contributed by atoms with van der Waals surface area (Å²) in [5.41, 5.74) is -1.29. The van der Waals surface area contributed by atoms with Crippen molar-refractivity contribution in [1.82, 2.24) is 14.7 Å². The summed E-state index contributed by atoms with van der Waals surface area (Å²) in [5, 5.41) is 6.69. The normalized spacial score (nSPS) is 20.8. The number of hydrogen-bond acceptors (Lipinski definition) is 3. The highest BCUT2D eigenvalue weighted by Gasteiger charge is 2.56. The third kappa shape index (κ3) is 3.77. The number of carbonyl (C=O) groups excluding carboxylic acids is 1. The van der Waals surface area contributed by atoms with Crippen LogP contribution in [-0.2, 0) is 11.3 Å². The molecule has 0 radical (unpaired) electrons. The number of alkyl halides is 3. The molecule has 1 aromatic rings. The van der Waals surface area contributed by atoms with Crippen LogP contribution in [0.2, 0.25) is 0 Å². The highest BCUT2D eigenvalue weighted by atomic mass is 19.4. The maximum Gasteiger partial charge on any atom is 0.394 e. The Morgan fingerprint density at radius 1 is 1.52 bits per heavy atom. The Balaban J connectivity index is 2.02. The third-order valence-corrected chi connectivity index (χ3v) is 4.23. The first-order chi connectivity index (χ1) is 10.7. The summed E-state index contributed by atoms with van der Waals surface area (Å²) in [6.07, 6.45) is -2.74. The lowest BCUT2D eigenvalue weighted by molar-refractivity contribution is -0.189. The second kappa shape index (κ2) is 6.38. The molecule has 0 spiro atoms. The van der Waals surface area contributed by atoms with Gasteiger partial charge in [0.25, 0.3) is 0 Å². The number of methoxy groups -OCH3 is 1. The van der Waals surface area contributed by atoms with Crippen LogP contribution in [-0.4, -0.2) is 52.7 Å². The molecule has 130 valence electrons. The summed E-state index contributed by atoms with van der Waals surface area (Å²) < 4.78 is 45.7. The molecule has 2 heterocycles. The highest BCUT2D eigenvalue weighted by molar-refractivity contribution is 5.89. The minimum atomic E-state index is -4.32. The van der Waals surface area contributed by atoms with Crippen LogP contribution in [0.4, 0.5) is 23.8 Å². The van der Waals surface area contributed by atoms with Gasteiger partial charge in [-0.25, -0.2) is 4.79 Å². The minimum absolute atomic E-state index is 0.0629. The van der Waals surface area contributed by atoms with Gasteiger partial charge in [-0.2, -0.15) is 18.3 Å². The van der Waals surface area contributed by atoms with Gasteiger partial charge in [0.05, 0.1) is 24.6 Å². The molecule has 1 aliphatic rings. The highest BCUT2D eigenvalue weighted by Crippen LogP contribution is 2.44. The molecule has 2 rings (SSSR count). The van der Waals surface area contributed by atoms with Gasteiger partial charge in [0.2, 0.25) is 0 Å². The molecule has 6 nitrogen and oxygen atoms in total. The van der Waals surface area contributed by atoms with E-state index in [1.165, 1.54) is 18.7 Å². The van der Waals surface area contributed by atoms with Crippen LogP contribution in [0.25, 0.3) is 0 Å². The van der Waals surface area contributed by atoms with Gasteiger partial charge in [-0.3, -0.25) is 10.00 Å². The molecule has 0 bridgehead atoms. The maximum absolute atomic E-state index is 13.1. The summed E-state index contributed by atoms with van der Waals surface area (Å²) >= 11 is 0. The number of carbonyl (C=O) groups is 1. The molecule has 0 aliphatic carbocycles. The summed E-state index contributed by atoms with van der Waals surface area (Å²) in [4.78, 5) is 13.5. The van der Waals surface area contributed by atoms with Gasteiger partial charge in [-0.1, -0.05) is 0 Å². The van der Waals surface area contributed by atoms with E-state index in [1.807, 2.05) is 0 Å². The molecule has 1 N–H and O–H groups in total. The lowest BCUT2D eigenvalue weighted by atomic mass is 9.88. The molecule has 1 fully saturated rings.